The Morgan fingerprint density at radius 3 is 2.47 bits per heavy atom. The number of aromatic carboxylic acids is 1. The number of anilines is 2. The molecule has 1 unspecified atom stereocenters. The average Bonchev–Trinajstić information content (AvgIpc) is 2.96. The molecule has 2 heterocycles. The number of rotatable bonds is 4. The highest BCUT2D eigenvalue weighted by molar-refractivity contribution is 6.30. The summed E-state index contributed by atoms with van der Waals surface area (Å²) < 4.78 is 29.3. The van der Waals surface area contributed by atoms with Crippen LogP contribution < -0.4 is 5.32 Å². The van der Waals surface area contributed by atoms with Gasteiger partial charge in [0, 0.05) is 34.2 Å². The summed E-state index contributed by atoms with van der Waals surface area (Å²) >= 11 is 6.24. The molecule has 2 N–H and O–H groups in total. The maximum atomic E-state index is 14.7. The molecule has 5 rings (SSSR count). The van der Waals surface area contributed by atoms with Gasteiger partial charge in [0.25, 0.3) is 0 Å². The number of hydrogen-bond acceptors (Lipinski definition) is 5. The Morgan fingerprint density at radius 2 is 1.76 bits per heavy atom. The van der Waals surface area contributed by atoms with Crippen molar-refractivity contribution in [2.45, 2.75) is 6.04 Å². The second kappa shape index (κ2) is 8.64. The molecule has 0 aliphatic carbocycles. The van der Waals surface area contributed by atoms with E-state index in [2.05, 4.69) is 20.3 Å². The number of aliphatic imine (C=N–C) groups is 1. The van der Waals surface area contributed by atoms with E-state index in [1.165, 1.54) is 36.5 Å². The van der Waals surface area contributed by atoms with Crippen molar-refractivity contribution in [3.8, 4) is 11.3 Å². The quantitative estimate of drug-likeness (QED) is 0.375. The first-order valence-corrected chi connectivity index (χ1v) is 10.5. The van der Waals surface area contributed by atoms with Crippen molar-refractivity contribution in [2.75, 3.05) is 5.32 Å². The van der Waals surface area contributed by atoms with Crippen LogP contribution in [0.1, 0.15) is 33.1 Å². The summed E-state index contributed by atoms with van der Waals surface area (Å²) in [5.74, 6) is -2.19. The van der Waals surface area contributed by atoms with E-state index in [4.69, 9.17) is 16.7 Å². The van der Waals surface area contributed by atoms with Gasteiger partial charge in [-0.05, 0) is 54.1 Å². The Labute approximate surface area is 197 Å². The minimum atomic E-state index is -1.02. The molecular formula is C25H15ClF2N4O2. The molecule has 0 radical (unpaired) electrons. The molecule has 0 bridgehead atoms. The standard InChI is InChI=1S/C25H15ClF2N4O2/c26-15-6-9-17-18(10-15)23(21-19(27)2-1-3-20(21)28)29-11-14-12-30-25(32-22(14)17)31-16-7-4-13(5-8-16)24(33)34/h1-12,23H,(H,33,34)(H,30,31,32). The van der Waals surface area contributed by atoms with E-state index in [0.29, 0.717) is 33.1 Å². The van der Waals surface area contributed by atoms with Gasteiger partial charge in [-0.3, -0.25) is 4.99 Å². The molecule has 0 saturated carbocycles. The zero-order valence-corrected chi connectivity index (χ0v) is 18.1. The summed E-state index contributed by atoms with van der Waals surface area (Å²) in [6.07, 6.45) is 3.05. The van der Waals surface area contributed by atoms with Crippen LogP contribution in [-0.4, -0.2) is 27.3 Å². The lowest BCUT2D eigenvalue weighted by Gasteiger charge is -2.17. The molecule has 168 valence electrons. The fourth-order valence-electron chi connectivity index (χ4n) is 3.80. The van der Waals surface area contributed by atoms with Crippen LogP contribution in [-0.2, 0) is 0 Å². The Kier molecular flexibility index (Phi) is 5.51. The lowest BCUT2D eigenvalue weighted by Crippen LogP contribution is -2.06. The number of aromatic nitrogens is 2. The average molecular weight is 477 g/mol. The molecule has 0 fully saturated rings. The summed E-state index contributed by atoms with van der Waals surface area (Å²) in [6, 6.07) is 13.9. The normalized spacial score (nSPS) is 14.1. The largest absolute Gasteiger partial charge is 0.478 e. The van der Waals surface area contributed by atoms with Gasteiger partial charge in [-0.15, -0.1) is 0 Å². The highest BCUT2D eigenvalue weighted by Crippen LogP contribution is 2.40. The van der Waals surface area contributed by atoms with Gasteiger partial charge in [0.2, 0.25) is 5.95 Å². The van der Waals surface area contributed by atoms with E-state index < -0.39 is 23.6 Å². The Bertz CT molecular complexity index is 1440. The fourth-order valence-corrected chi connectivity index (χ4v) is 3.98. The summed E-state index contributed by atoms with van der Waals surface area (Å²) in [5.41, 5.74) is 2.75. The minimum absolute atomic E-state index is 0.154. The zero-order valence-electron chi connectivity index (χ0n) is 17.3. The van der Waals surface area contributed by atoms with Crippen LogP contribution >= 0.6 is 11.6 Å². The molecule has 6 nitrogen and oxygen atoms in total. The third-order valence-corrected chi connectivity index (χ3v) is 5.64. The van der Waals surface area contributed by atoms with Crippen LogP contribution in [0.5, 0.6) is 0 Å². The first kappa shape index (κ1) is 21.7. The highest BCUT2D eigenvalue weighted by Gasteiger charge is 2.27. The molecule has 1 aliphatic heterocycles. The molecule has 1 aromatic heterocycles. The maximum absolute atomic E-state index is 14.7. The summed E-state index contributed by atoms with van der Waals surface area (Å²) in [4.78, 5) is 24.4. The van der Waals surface area contributed by atoms with Gasteiger partial charge in [0.05, 0.1) is 16.8 Å². The van der Waals surface area contributed by atoms with Crippen molar-refractivity contribution in [2.24, 2.45) is 4.99 Å². The number of nitrogens with zero attached hydrogens (tertiary/aromatic N) is 3. The number of fused-ring (bicyclic) bond motifs is 3. The molecule has 4 aromatic rings. The summed E-state index contributed by atoms with van der Waals surface area (Å²) in [7, 11) is 0. The van der Waals surface area contributed by atoms with Gasteiger partial charge in [0.1, 0.15) is 17.7 Å². The number of nitrogens with one attached hydrogen (secondary N) is 1. The van der Waals surface area contributed by atoms with Crippen LogP contribution in [0.25, 0.3) is 11.3 Å². The third-order valence-electron chi connectivity index (χ3n) is 5.40. The van der Waals surface area contributed by atoms with Crippen molar-refractivity contribution in [3.63, 3.8) is 0 Å². The molecule has 0 amide bonds. The number of carboxylic acid groups (broad SMARTS) is 1. The highest BCUT2D eigenvalue weighted by atomic mass is 35.5. The van der Waals surface area contributed by atoms with Gasteiger partial charge >= 0.3 is 5.97 Å². The maximum Gasteiger partial charge on any atom is 0.335 e. The number of benzene rings is 3. The zero-order chi connectivity index (χ0) is 23.8. The predicted molar refractivity (Wildman–Crippen MR) is 125 cm³/mol. The predicted octanol–water partition coefficient (Wildman–Crippen LogP) is 6.04. The summed E-state index contributed by atoms with van der Waals surface area (Å²) in [6.45, 7) is 0. The molecule has 9 heteroatoms. The van der Waals surface area contributed by atoms with Crippen molar-refractivity contribution in [1.82, 2.24) is 9.97 Å². The lowest BCUT2D eigenvalue weighted by molar-refractivity contribution is 0.0697. The van der Waals surface area contributed by atoms with E-state index in [-0.39, 0.29) is 17.1 Å². The molecule has 1 atom stereocenters. The van der Waals surface area contributed by atoms with Crippen LogP contribution in [0.15, 0.2) is 71.9 Å². The van der Waals surface area contributed by atoms with Gasteiger partial charge in [-0.2, -0.15) is 0 Å². The number of halogens is 3. The topological polar surface area (TPSA) is 87.5 Å². The van der Waals surface area contributed by atoms with Crippen LogP contribution in [0.4, 0.5) is 20.4 Å². The van der Waals surface area contributed by atoms with Gasteiger partial charge in [0.15, 0.2) is 0 Å². The van der Waals surface area contributed by atoms with Gasteiger partial charge in [-0.1, -0.05) is 23.7 Å². The Balaban J connectivity index is 1.59. The molecule has 1 aliphatic rings. The fraction of sp³-hybridized carbons (Fsp3) is 0.0400. The van der Waals surface area contributed by atoms with E-state index >= 15 is 0 Å². The minimum Gasteiger partial charge on any atom is -0.478 e. The molecule has 34 heavy (non-hydrogen) atoms. The van der Waals surface area contributed by atoms with Gasteiger partial charge < -0.3 is 10.4 Å². The van der Waals surface area contributed by atoms with Crippen LogP contribution in [0.3, 0.4) is 0 Å². The molecule has 0 spiro atoms. The van der Waals surface area contributed by atoms with E-state index in [0.717, 1.165) is 0 Å². The van der Waals surface area contributed by atoms with Crippen molar-refractivity contribution in [1.29, 1.82) is 0 Å². The van der Waals surface area contributed by atoms with Crippen molar-refractivity contribution >= 4 is 35.4 Å². The van der Waals surface area contributed by atoms with Crippen LogP contribution in [0.2, 0.25) is 5.02 Å². The molecule has 3 aromatic carbocycles. The second-order valence-electron chi connectivity index (χ2n) is 7.55. The Morgan fingerprint density at radius 1 is 1.03 bits per heavy atom. The second-order valence-corrected chi connectivity index (χ2v) is 7.99. The van der Waals surface area contributed by atoms with Gasteiger partial charge in [-0.25, -0.2) is 23.5 Å². The van der Waals surface area contributed by atoms with E-state index in [1.807, 2.05) is 0 Å². The first-order chi connectivity index (χ1) is 16.4. The molecular weight excluding hydrogens is 462 g/mol. The summed E-state index contributed by atoms with van der Waals surface area (Å²) in [5, 5.41) is 12.5. The van der Waals surface area contributed by atoms with Crippen molar-refractivity contribution in [3.05, 3.63) is 106 Å². The number of hydrogen-bond donors (Lipinski definition) is 2. The first-order valence-electron chi connectivity index (χ1n) is 10.1. The smallest absolute Gasteiger partial charge is 0.335 e. The number of carbonyl (C=O) groups is 1. The van der Waals surface area contributed by atoms with E-state index in [1.54, 1.807) is 36.5 Å². The van der Waals surface area contributed by atoms with Crippen molar-refractivity contribution < 1.29 is 18.7 Å². The van der Waals surface area contributed by atoms with E-state index in [9.17, 15) is 13.6 Å². The molecule has 0 saturated heterocycles. The lowest BCUT2D eigenvalue weighted by atomic mass is 9.92. The third kappa shape index (κ3) is 3.99. The van der Waals surface area contributed by atoms with Crippen LogP contribution in [0, 0.1) is 11.6 Å². The number of carboxylic acids is 1. The Hall–Kier alpha value is -4.17. The monoisotopic (exact) mass is 476 g/mol. The SMILES string of the molecule is O=C(O)c1ccc(Nc2ncc3c(n2)-c2ccc(Cl)cc2C(c2c(F)cccc2F)N=C3)cc1.